The minimum Gasteiger partial charge on any atom is -0.337 e. The van der Waals surface area contributed by atoms with Crippen molar-refractivity contribution in [3.8, 4) is 0 Å². The van der Waals surface area contributed by atoms with E-state index in [0.29, 0.717) is 13.1 Å². The Morgan fingerprint density at radius 2 is 2.00 bits per heavy atom. The van der Waals surface area contributed by atoms with Gasteiger partial charge in [-0.3, -0.25) is 4.79 Å². The first-order chi connectivity index (χ1) is 10.4. The first-order valence-electron chi connectivity index (χ1n) is 7.07. The van der Waals surface area contributed by atoms with Crippen molar-refractivity contribution in [1.29, 1.82) is 0 Å². The Labute approximate surface area is 151 Å². The molecule has 1 fully saturated rings. The average Bonchev–Trinajstić information content (AvgIpc) is 2.96. The summed E-state index contributed by atoms with van der Waals surface area (Å²) in [4.78, 5) is 14.2. The Bertz CT molecular complexity index is 639. The molecule has 0 aliphatic carbocycles. The molecule has 1 unspecified atom stereocenters. The second-order valence-corrected chi connectivity index (χ2v) is 8.29. The van der Waals surface area contributed by atoms with Crippen LogP contribution in [0.15, 0.2) is 33.6 Å². The molecule has 2 rings (SSSR count). The van der Waals surface area contributed by atoms with Gasteiger partial charge >= 0.3 is 0 Å². The van der Waals surface area contributed by atoms with Crippen LogP contribution in [0.5, 0.6) is 0 Å². The Morgan fingerprint density at radius 3 is 2.57 bits per heavy atom. The van der Waals surface area contributed by atoms with E-state index in [9.17, 15) is 13.2 Å². The molecule has 1 amide bonds. The minimum absolute atomic E-state index is 0. The largest absolute Gasteiger partial charge is 0.337 e. The van der Waals surface area contributed by atoms with Gasteiger partial charge in [0.1, 0.15) is 0 Å². The number of hydrogen-bond acceptors (Lipinski definition) is 4. The predicted octanol–water partition coefficient (Wildman–Crippen LogP) is 1.44. The van der Waals surface area contributed by atoms with Crippen LogP contribution < -0.4 is 5.73 Å². The number of sulfonamides is 1. The molecular formula is C14H21BrClN3O3S. The maximum atomic E-state index is 12.5. The normalized spacial score (nSPS) is 18.1. The fourth-order valence-corrected chi connectivity index (χ4v) is 3.95. The number of likely N-dealkylation sites (tertiary alicyclic amines) is 1. The van der Waals surface area contributed by atoms with Crippen LogP contribution in [0, 0.1) is 0 Å². The lowest BCUT2D eigenvalue weighted by atomic mass is 10.2. The maximum Gasteiger partial charge on any atom is 0.243 e. The molecule has 0 saturated carbocycles. The molecule has 2 N–H and O–H groups in total. The number of rotatable bonds is 5. The molecule has 0 radical (unpaired) electrons. The van der Waals surface area contributed by atoms with Crippen molar-refractivity contribution in [2.24, 2.45) is 5.73 Å². The SMILES string of the molecule is CN(CC(=O)N1CCCC1CN)S(=O)(=O)c1ccc(Br)cc1.Cl. The van der Waals surface area contributed by atoms with E-state index in [1.807, 2.05) is 0 Å². The molecule has 0 spiro atoms. The number of nitrogens with two attached hydrogens (primary N) is 1. The molecule has 1 saturated heterocycles. The van der Waals surface area contributed by atoms with Crippen LogP contribution in [-0.4, -0.2) is 56.3 Å². The number of hydrogen-bond donors (Lipinski definition) is 1. The zero-order chi connectivity index (χ0) is 16.3. The van der Waals surface area contributed by atoms with Gasteiger partial charge in [-0.15, -0.1) is 12.4 Å². The van der Waals surface area contributed by atoms with E-state index in [1.165, 1.54) is 19.2 Å². The number of likely N-dealkylation sites (N-methyl/N-ethyl adjacent to an activating group) is 1. The van der Waals surface area contributed by atoms with Crippen LogP contribution in [0.25, 0.3) is 0 Å². The van der Waals surface area contributed by atoms with E-state index >= 15 is 0 Å². The molecule has 0 aromatic heterocycles. The van der Waals surface area contributed by atoms with Gasteiger partial charge in [0.2, 0.25) is 15.9 Å². The van der Waals surface area contributed by atoms with Gasteiger partial charge in [-0.1, -0.05) is 15.9 Å². The standard InChI is InChI=1S/C14H20BrN3O3S.ClH/c1-17(10-14(19)18-8-2-3-12(18)9-16)22(20,21)13-6-4-11(15)5-7-13;/h4-7,12H,2-3,8-10,16H2,1H3;1H. The lowest BCUT2D eigenvalue weighted by Crippen LogP contribution is -2.45. The lowest BCUT2D eigenvalue weighted by Gasteiger charge is -2.26. The number of carbonyl (C=O) groups is 1. The van der Waals surface area contributed by atoms with E-state index in [2.05, 4.69) is 15.9 Å². The summed E-state index contributed by atoms with van der Waals surface area (Å²) in [7, 11) is -2.25. The monoisotopic (exact) mass is 425 g/mol. The summed E-state index contributed by atoms with van der Waals surface area (Å²) in [5.74, 6) is -0.198. The van der Waals surface area contributed by atoms with Crippen LogP contribution in [0.1, 0.15) is 12.8 Å². The van der Waals surface area contributed by atoms with Gasteiger partial charge in [0.15, 0.2) is 0 Å². The minimum atomic E-state index is -3.67. The van der Waals surface area contributed by atoms with Crippen molar-refractivity contribution in [3.63, 3.8) is 0 Å². The lowest BCUT2D eigenvalue weighted by molar-refractivity contribution is -0.131. The van der Waals surface area contributed by atoms with Crippen molar-refractivity contribution < 1.29 is 13.2 Å². The second-order valence-electron chi connectivity index (χ2n) is 5.33. The van der Waals surface area contributed by atoms with Crippen molar-refractivity contribution >= 4 is 44.3 Å². The molecule has 9 heteroatoms. The third kappa shape index (κ3) is 4.67. The Kier molecular flexibility index (Phi) is 7.47. The number of nitrogens with zero attached hydrogens (tertiary/aromatic N) is 2. The van der Waals surface area contributed by atoms with E-state index in [1.54, 1.807) is 17.0 Å². The summed E-state index contributed by atoms with van der Waals surface area (Å²) in [6.07, 6.45) is 1.79. The summed E-state index contributed by atoms with van der Waals surface area (Å²) in [6.45, 7) is 0.886. The topological polar surface area (TPSA) is 83.7 Å². The predicted molar refractivity (Wildman–Crippen MR) is 95.0 cm³/mol. The van der Waals surface area contributed by atoms with Crippen molar-refractivity contribution in [3.05, 3.63) is 28.7 Å². The average molecular weight is 427 g/mol. The number of benzene rings is 1. The van der Waals surface area contributed by atoms with E-state index in [0.717, 1.165) is 21.6 Å². The summed E-state index contributed by atoms with van der Waals surface area (Å²) in [6, 6.07) is 6.37. The molecule has 1 aliphatic rings. The molecule has 1 atom stereocenters. The van der Waals surface area contributed by atoms with Crippen molar-refractivity contribution in [2.45, 2.75) is 23.8 Å². The van der Waals surface area contributed by atoms with E-state index in [-0.39, 0.29) is 35.8 Å². The number of carbonyl (C=O) groups excluding carboxylic acids is 1. The molecule has 23 heavy (non-hydrogen) atoms. The highest BCUT2D eigenvalue weighted by Gasteiger charge is 2.30. The molecule has 1 aromatic rings. The zero-order valence-corrected chi connectivity index (χ0v) is 16.0. The van der Waals surface area contributed by atoms with Gasteiger partial charge in [-0.05, 0) is 37.1 Å². The summed E-state index contributed by atoms with van der Waals surface area (Å²) in [5, 5.41) is 0. The van der Waals surface area contributed by atoms with Crippen LogP contribution in [0.3, 0.4) is 0 Å². The van der Waals surface area contributed by atoms with Crippen LogP contribution in [-0.2, 0) is 14.8 Å². The van der Waals surface area contributed by atoms with Crippen LogP contribution in [0.2, 0.25) is 0 Å². The molecule has 1 heterocycles. The smallest absolute Gasteiger partial charge is 0.243 e. The van der Waals surface area contributed by atoms with Gasteiger partial charge in [-0.25, -0.2) is 8.42 Å². The van der Waals surface area contributed by atoms with Gasteiger partial charge in [0.05, 0.1) is 11.4 Å². The second kappa shape index (κ2) is 8.43. The van der Waals surface area contributed by atoms with Crippen LogP contribution >= 0.6 is 28.3 Å². The highest BCUT2D eigenvalue weighted by molar-refractivity contribution is 9.10. The molecule has 130 valence electrons. The highest BCUT2D eigenvalue weighted by atomic mass is 79.9. The Balaban J connectivity index is 0.00000264. The number of amides is 1. The third-order valence-electron chi connectivity index (χ3n) is 3.85. The maximum absolute atomic E-state index is 12.5. The Hall–Kier alpha value is -0.670. The van der Waals surface area contributed by atoms with Crippen molar-refractivity contribution in [2.75, 3.05) is 26.7 Å². The quantitative estimate of drug-likeness (QED) is 0.772. The first-order valence-corrected chi connectivity index (χ1v) is 9.31. The number of halogens is 2. The molecule has 1 aromatic carbocycles. The van der Waals surface area contributed by atoms with Crippen LogP contribution in [0.4, 0.5) is 0 Å². The third-order valence-corrected chi connectivity index (χ3v) is 6.20. The zero-order valence-electron chi connectivity index (χ0n) is 12.8. The highest BCUT2D eigenvalue weighted by Crippen LogP contribution is 2.20. The molecule has 1 aliphatic heterocycles. The summed E-state index contributed by atoms with van der Waals surface area (Å²) < 4.78 is 26.8. The van der Waals surface area contributed by atoms with Gasteiger partial charge < -0.3 is 10.6 Å². The molecule has 0 bridgehead atoms. The van der Waals surface area contributed by atoms with Gasteiger partial charge in [-0.2, -0.15) is 4.31 Å². The summed E-state index contributed by atoms with van der Waals surface area (Å²) >= 11 is 3.27. The Morgan fingerprint density at radius 1 is 1.39 bits per heavy atom. The molecule has 6 nitrogen and oxygen atoms in total. The summed E-state index contributed by atoms with van der Waals surface area (Å²) in [5.41, 5.74) is 5.65. The van der Waals surface area contributed by atoms with Crippen molar-refractivity contribution in [1.82, 2.24) is 9.21 Å². The van der Waals surface area contributed by atoms with Gasteiger partial charge in [0, 0.05) is 30.7 Å². The van der Waals surface area contributed by atoms with E-state index in [4.69, 9.17) is 5.73 Å². The fourth-order valence-electron chi connectivity index (χ4n) is 2.56. The van der Waals surface area contributed by atoms with E-state index < -0.39 is 10.0 Å². The fraction of sp³-hybridized carbons (Fsp3) is 0.500. The van der Waals surface area contributed by atoms with Gasteiger partial charge in [0.25, 0.3) is 0 Å². The molecular weight excluding hydrogens is 406 g/mol. The first kappa shape index (κ1) is 20.4.